The number of allylic oxidation sites excluding steroid dienone is 1. The van der Waals surface area contributed by atoms with Gasteiger partial charge in [0.05, 0.1) is 1.37 Å². The maximum Gasteiger partial charge on any atom is 0.212 e. The highest BCUT2D eigenvalue weighted by molar-refractivity contribution is 8.15. The van der Waals surface area contributed by atoms with E-state index >= 15 is 0 Å². The summed E-state index contributed by atoms with van der Waals surface area (Å²) >= 11 is 1.25. The Balaban J connectivity index is 4.00. The summed E-state index contributed by atoms with van der Waals surface area (Å²) in [5, 5.41) is -0.0370. The Morgan fingerprint density at radius 2 is 2.10 bits per heavy atom. The fourth-order valence-electron chi connectivity index (χ4n) is 0.449. The lowest BCUT2D eigenvalue weighted by molar-refractivity contribution is -0.107. The molecule has 0 unspecified atom stereocenters. The summed E-state index contributed by atoms with van der Waals surface area (Å²) in [5.41, 5.74) is 0. The van der Waals surface area contributed by atoms with Gasteiger partial charge >= 0.3 is 0 Å². The molecule has 0 aromatic heterocycles. The van der Waals surface area contributed by atoms with Gasteiger partial charge in [0, 0.05) is 4.75 Å². The van der Waals surface area contributed by atoms with E-state index in [1.165, 1.54) is 17.8 Å². The van der Waals surface area contributed by atoms with Gasteiger partial charge in [-0.3, -0.25) is 4.79 Å². The van der Waals surface area contributed by atoms with Crippen LogP contribution in [0.4, 0.5) is 0 Å². The predicted octanol–water partition coefficient (Wildman–Crippen LogP) is 2.62. The largest absolute Gasteiger partial charge is 0.282 e. The molecule has 0 aliphatic carbocycles. The highest BCUT2D eigenvalue weighted by atomic mass is 32.2. The minimum Gasteiger partial charge on any atom is -0.282 e. The maximum absolute atomic E-state index is 11.0. The first-order chi connectivity index (χ1) is 4.81. The molecular weight excluding hydrogens is 144 g/mol. The zero-order chi connectivity index (χ0) is 9.07. The summed E-state index contributed by atoms with van der Waals surface area (Å²) in [7, 11) is 0. The number of carbonyl (C=O) groups excluding carboxylic acids is 1. The predicted molar refractivity (Wildman–Crippen MR) is 47.2 cm³/mol. The van der Waals surface area contributed by atoms with Crippen molar-refractivity contribution in [1.29, 1.82) is 0 Å². The summed E-state index contributed by atoms with van der Waals surface area (Å²) in [4.78, 5) is 11.0. The van der Waals surface area contributed by atoms with Crippen molar-refractivity contribution in [2.75, 3.05) is 0 Å². The average molecular weight is 159 g/mol. The number of carbonyl (C=O) groups is 1. The van der Waals surface area contributed by atoms with Gasteiger partial charge in [0.2, 0.25) is 5.12 Å². The minimum atomic E-state index is -0.0525. The molecule has 0 aromatic rings. The molecule has 0 saturated carbocycles. The molecule has 0 bridgehead atoms. The summed E-state index contributed by atoms with van der Waals surface area (Å²) in [6, 6.07) is 0.312. The molecule has 0 radical (unpaired) electrons. The fourth-order valence-corrected chi connectivity index (χ4v) is 1.23. The van der Waals surface area contributed by atoms with Crippen molar-refractivity contribution in [3.05, 3.63) is 12.1 Å². The van der Waals surface area contributed by atoms with Crippen molar-refractivity contribution in [2.45, 2.75) is 32.4 Å². The molecule has 0 aromatic carbocycles. The number of hydrogen-bond donors (Lipinski definition) is 0. The van der Waals surface area contributed by atoms with Crippen LogP contribution in [0.15, 0.2) is 12.1 Å². The highest BCUT2D eigenvalue weighted by Crippen LogP contribution is 2.23. The quantitative estimate of drug-likeness (QED) is 0.547. The van der Waals surface area contributed by atoms with Crippen LogP contribution in [0.1, 0.15) is 29.1 Å². The zero-order valence-electron chi connectivity index (χ0n) is 7.89. The fraction of sp³-hybridized carbons (Fsp3) is 0.625. The maximum atomic E-state index is 11.0. The smallest absolute Gasteiger partial charge is 0.212 e. The molecule has 2 heteroatoms. The molecule has 0 rings (SSSR count). The molecular formula is C8H14OS. The molecule has 0 spiro atoms. The van der Waals surface area contributed by atoms with Crippen LogP contribution < -0.4 is 0 Å². The van der Waals surface area contributed by atoms with Crippen LogP contribution in [0.5, 0.6) is 0 Å². The molecule has 58 valence electrons. The third-order valence-electron chi connectivity index (χ3n) is 0.669. The Hall–Kier alpha value is -0.240. The van der Waals surface area contributed by atoms with Crippen LogP contribution in [0, 0.1) is 0 Å². The van der Waals surface area contributed by atoms with Crippen molar-refractivity contribution >= 4 is 16.9 Å². The lowest BCUT2D eigenvalue weighted by atomic mass is 10.3. The third kappa shape index (κ3) is 5.89. The van der Waals surface area contributed by atoms with Gasteiger partial charge in [0.15, 0.2) is 0 Å². The summed E-state index contributed by atoms with van der Waals surface area (Å²) < 4.78 is 6.99. The lowest BCUT2D eigenvalue weighted by Gasteiger charge is -2.13. The first-order valence-corrected chi connectivity index (χ1v) is 4.01. The molecule has 0 saturated heterocycles. The van der Waals surface area contributed by atoms with E-state index in [0.29, 0.717) is 6.05 Å². The normalized spacial score (nSPS) is 14.8. The number of hydrogen-bond acceptors (Lipinski definition) is 2. The van der Waals surface area contributed by atoms with Crippen LogP contribution in [0.2, 0.25) is 0 Å². The molecule has 0 heterocycles. The third-order valence-corrected chi connectivity index (χ3v) is 1.60. The standard InChI is InChI=1S/C8H14OS/c1-5-6-7(9)10-8(2,3)4/h5-6H,1-4H3/b6-5+/i5D. The van der Waals surface area contributed by atoms with Crippen LogP contribution in [0.25, 0.3) is 0 Å². The van der Waals surface area contributed by atoms with Crippen molar-refractivity contribution < 1.29 is 6.17 Å². The van der Waals surface area contributed by atoms with Crippen molar-refractivity contribution in [1.82, 2.24) is 0 Å². The molecule has 0 aliphatic rings. The monoisotopic (exact) mass is 159 g/mol. The van der Waals surface area contributed by atoms with Gasteiger partial charge < -0.3 is 0 Å². The Bertz CT molecular complexity index is 175. The van der Waals surface area contributed by atoms with Crippen LogP contribution in [0.3, 0.4) is 0 Å². The summed E-state index contributed by atoms with van der Waals surface area (Å²) in [5.74, 6) is 0. The Morgan fingerprint density at radius 3 is 2.40 bits per heavy atom. The second kappa shape index (κ2) is 3.81. The number of rotatable bonds is 1. The van der Waals surface area contributed by atoms with Crippen LogP contribution in [-0.2, 0) is 4.79 Å². The molecule has 0 amide bonds. The van der Waals surface area contributed by atoms with Crippen molar-refractivity contribution in [2.24, 2.45) is 0 Å². The van der Waals surface area contributed by atoms with Crippen LogP contribution in [-0.4, -0.2) is 9.86 Å². The van der Waals surface area contributed by atoms with E-state index in [2.05, 4.69) is 0 Å². The minimum absolute atomic E-state index is 0.0370. The first-order valence-electron chi connectivity index (χ1n) is 3.69. The molecule has 10 heavy (non-hydrogen) atoms. The van der Waals surface area contributed by atoms with E-state index in [1.54, 1.807) is 6.92 Å². The van der Waals surface area contributed by atoms with Gasteiger partial charge in [-0.15, -0.1) is 0 Å². The Kier molecular flexibility index (Phi) is 3.00. The topological polar surface area (TPSA) is 17.1 Å². The van der Waals surface area contributed by atoms with Crippen LogP contribution >= 0.6 is 11.8 Å². The molecule has 0 fully saturated rings. The van der Waals surface area contributed by atoms with E-state index in [0.717, 1.165) is 0 Å². The SMILES string of the molecule is [2H]/C(C)=C\C(=O)SC(C)(C)C. The highest BCUT2D eigenvalue weighted by Gasteiger charge is 2.13. The number of thioether (sulfide) groups is 1. The van der Waals surface area contributed by atoms with Gasteiger partial charge in [-0.25, -0.2) is 0 Å². The van der Waals surface area contributed by atoms with E-state index in [9.17, 15) is 4.79 Å². The average Bonchev–Trinajstić information content (AvgIpc) is 1.53. The first kappa shape index (κ1) is 7.86. The van der Waals surface area contributed by atoms with Gasteiger partial charge in [-0.05, 0) is 13.0 Å². The zero-order valence-corrected chi connectivity index (χ0v) is 7.71. The lowest BCUT2D eigenvalue weighted by Crippen LogP contribution is -2.10. The van der Waals surface area contributed by atoms with Gasteiger partial charge in [-0.2, -0.15) is 0 Å². The van der Waals surface area contributed by atoms with E-state index in [4.69, 9.17) is 1.37 Å². The van der Waals surface area contributed by atoms with Gasteiger partial charge in [-0.1, -0.05) is 38.6 Å². The Morgan fingerprint density at radius 1 is 1.60 bits per heavy atom. The summed E-state index contributed by atoms with van der Waals surface area (Å²) in [6.07, 6.45) is 1.34. The molecule has 1 nitrogen and oxygen atoms in total. The van der Waals surface area contributed by atoms with Gasteiger partial charge in [0.25, 0.3) is 0 Å². The van der Waals surface area contributed by atoms with E-state index < -0.39 is 0 Å². The second-order valence-corrected chi connectivity index (χ2v) is 4.80. The van der Waals surface area contributed by atoms with Gasteiger partial charge in [0.1, 0.15) is 0 Å². The van der Waals surface area contributed by atoms with E-state index in [1.807, 2.05) is 20.8 Å². The Labute approximate surface area is 68.3 Å². The molecule has 0 N–H and O–H groups in total. The summed E-state index contributed by atoms with van der Waals surface area (Å²) in [6.45, 7) is 7.52. The second-order valence-electron chi connectivity index (χ2n) is 2.97. The molecule has 0 atom stereocenters. The molecule has 0 aliphatic heterocycles. The van der Waals surface area contributed by atoms with Crippen molar-refractivity contribution in [3.8, 4) is 0 Å². The van der Waals surface area contributed by atoms with E-state index in [-0.39, 0.29) is 9.86 Å². The van der Waals surface area contributed by atoms with Crippen molar-refractivity contribution in [3.63, 3.8) is 0 Å².